The van der Waals surface area contributed by atoms with E-state index in [4.69, 9.17) is 0 Å². The van der Waals surface area contributed by atoms with E-state index in [0.29, 0.717) is 12.1 Å². The van der Waals surface area contributed by atoms with E-state index < -0.39 is 6.10 Å². The molecule has 3 aromatic rings. The van der Waals surface area contributed by atoms with Crippen LogP contribution in [0.3, 0.4) is 0 Å². The van der Waals surface area contributed by atoms with Gasteiger partial charge >= 0.3 is 0 Å². The molecule has 21 heavy (non-hydrogen) atoms. The predicted octanol–water partition coefficient (Wildman–Crippen LogP) is 4.88. The third kappa shape index (κ3) is 3.44. The first-order chi connectivity index (χ1) is 10.1. The normalized spacial score (nSPS) is 12.5. The molecule has 0 saturated carbocycles. The van der Waals surface area contributed by atoms with Crippen LogP contribution in [-0.2, 0) is 6.42 Å². The van der Waals surface area contributed by atoms with Crippen molar-refractivity contribution in [2.24, 2.45) is 0 Å². The molecule has 0 aliphatic rings. The molecule has 0 aliphatic carbocycles. The Hall–Kier alpha value is -0.980. The van der Waals surface area contributed by atoms with Gasteiger partial charge in [0.25, 0.3) is 0 Å². The molecule has 0 bridgehead atoms. The lowest BCUT2D eigenvalue weighted by Gasteiger charge is -2.13. The molecule has 0 fully saturated rings. The van der Waals surface area contributed by atoms with E-state index in [1.807, 2.05) is 54.6 Å². The van der Waals surface area contributed by atoms with Crippen molar-refractivity contribution in [1.29, 1.82) is 0 Å². The second-order valence-electron chi connectivity index (χ2n) is 4.89. The highest BCUT2D eigenvalue weighted by Gasteiger charge is 2.15. The summed E-state index contributed by atoms with van der Waals surface area (Å²) in [7, 11) is 0. The summed E-state index contributed by atoms with van der Waals surface area (Å²) in [5.74, 6) is 0. The second-order valence-corrected chi connectivity index (χ2v) is 6.99. The second kappa shape index (κ2) is 6.42. The van der Waals surface area contributed by atoms with E-state index in [1.54, 1.807) is 0 Å². The summed E-state index contributed by atoms with van der Waals surface area (Å²) < 4.78 is 2.04. The summed E-state index contributed by atoms with van der Waals surface area (Å²) in [4.78, 5) is 4.59. The van der Waals surface area contributed by atoms with Gasteiger partial charge in [-0.3, -0.25) is 0 Å². The quantitative estimate of drug-likeness (QED) is 0.573. The fraction of sp³-hybridized carbons (Fsp3) is 0.118. The third-order valence-corrected chi connectivity index (χ3v) is 4.72. The lowest BCUT2D eigenvalue weighted by molar-refractivity contribution is 0.173. The lowest BCUT2D eigenvalue weighted by Crippen LogP contribution is -2.05. The molecule has 2 aromatic carbocycles. The summed E-state index contributed by atoms with van der Waals surface area (Å²) in [6.45, 7) is 0. The maximum Gasteiger partial charge on any atom is 0.101 e. The van der Waals surface area contributed by atoms with E-state index >= 15 is 0 Å². The minimum Gasteiger partial charge on any atom is -0.386 e. The van der Waals surface area contributed by atoms with Gasteiger partial charge in [-0.05, 0) is 68.3 Å². The van der Waals surface area contributed by atoms with E-state index in [9.17, 15) is 5.11 Å². The Morgan fingerprint density at radius 2 is 1.81 bits per heavy atom. The summed E-state index contributed by atoms with van der Waals surface area (Å²) in [5.41, 5.74) is 2.69. The number of aliphatic hydroxyl groups is 1. The SMILES string of the molecule is OC(Cc1ccc(I)cc1)c1nc2ccccc2cc1Br. The van der Waals surface area contributed by atoms with Gasteiger partial charge in [-0.1, -0.05) is 30.3 Å². The van der Waals surface area contributed by atoms with Crippen LogP contribution < -0.4 is 0 Å². The van der Waals surface area contributed by atoms with Crippen molar-refractivity contribution in [2.75, 3.05) is 0 Å². The number of aromatic nitrogens is 1. The predicted molar refractivity (Wildman–Crippen MR) is 97.3 cm³/mol. The van der Waals surface area contributed by atoms with Gasteiger partial charge in [0.15, 0.2) is 0 Å². The van der Waals surface area contributed by atoms with Crippen molar-refractivity contribution in [3.63, 3.8) is 0 Å². The number of benzene rings is 2. The molecule has 0 amide bonds. The number of pyridine rings is 1. The zero-order chi connectivity index (χ0) is 14.8. The maximum absolute atomic E-state index is 10.5. The Bertz CT molecular complexity index is 773. The first kappa shape index (κ1) is 14.9. The molecule has 1 N–H and O–H groups in total. The first-order valence-corrected chi connectivity index (χ1v) is 8.48. The topological polar surface area (TPSA) is 33.1 Å². The minimum absolute atomic E-state index is 0.556. The summed E-state index contributed by atoms with van der Waals surface area (Å²) >= 11 is 5.79. The lowest BCUT2D eigenvalue weighted by atomic mass is 10.0. The smallest absolute Gasteiger partial charge is 0.101 e. The van der Waals surface area contributed by atoms with Crippen LogP contribution in [0.5, 0.6) is 0 Å². The molecule has 0 aliphatic heterocycles. The van der Waals surface area contributed by atoms with Crippen LogP contribution >= 0.6 is 38.5 Å². The van der Waals surface area contributed by atoms with Gasteiger partial charge in [-0.25, -0.2) is 4.98 Å². The molecule has 0 spiro atoms. The van der Waals surface area contributed by atoms with Gasteiger partial charge in [-0.2, -0.15) is 0 Å². The van der Waals surface area contributed by atoms with Crippen LogP contribution in [-0.4, -0.2) is 10.1 Å². The van der Waals surface area contributed by atoms with Crippen LogP contribution in [0.1, 0.15) is 17.4 Å². The Morgan fingerprint density at radius 1 is 1.10 bits per heavy atom. The van der Waals surface area contributed by atoms with Crippen LogP contribution in [0.15, 0.2) is 59.1 Å². The molecule has 4 heteroatoms. The first-order valence-electron chi connectivity index (χ1n) is 6.61. The van der Waals surface area contributed by atoms with E-state index in [-0.39, 0.29) is 0 Å². The molecule has 106 valence electrons. The standard InChI is InChI=1S/C17H13BrINO/c18-14-10-12-3-1-2-4-15(12)20-17(14)16(21)9-11-5-7-13(19)8-6-11/h1-8,10,16,21H,9H2. The van der Waals surface area contributed by atoms with Gasteiger partial charge in [-0.15, -0.1) is 0 Å². The molecule has 1 unspecified atom stereocenters. The number of hydrogen-bond acceptors (Lipinski definition) is 2. The van der Waals surface area contributed by atoms with Crippen molar-refractivity contribution in [3.8, 4) is 0 Å². The van der Waals surface area contributed by atoms with Crippen LogP contribution in [0.4, 0.5) is 0 Å². The average molecular weight is 454 g/mol. The molecular weight excluding hydrogens is 441 g/mol. The number of para-hydroxylation sites is 1. The van der Waals surface area contributed by atoms with Crippen LogP contribution in [0.25, 0.3) is 10.9 Å². The number of aliphatic hydroxyl groups excluding tert-OH is 1. The number of fused-ring (bicyclic) bond motifs is 1. The fourth-order valence-corrected chi connectivity index (χ4v) is 3.24. The van der Waals surface area contributed by atoms with Crippen LogP contribution in [0, 0.1) is 3.57 Å². The monoisotopic (exact) mass is 453 g/mol. The molecule has 0 saturated heterocycles. The minimum atomic E-state index is -0.621. The molecule has 1 atom stereocenters. The largest absolute Gasteiger partial charge is 0.386 e. The molecule has 1 aromatic heterocycles. The molecule has 0 radical (unpaired) electrons. The zero-order valence-electron chi connectivity index (χ0n) is 11.1. The average Bonchev–Trinajstić information content (AvgIpc) is 2.49. The van der Waals surface area contributed by atoms with E-state index in [2.05, 4.69) is 43.5 Å². The van der Waals surface area contributed by atoms with Gasteiger partial charge in [0.1, 0.15) is 6.10 Å². The highest BCUT2D eigenvalue weighted by Crippen LogP contribution is 2.28. The Balaban J connectivity index is 1.91. The summed E-state index contributed by atoms with van der Waals surface area (Å²) in [6, 6.07) is 18.1. The molecular formula is C17H13BrINO. The Labute approximate surface area is 145 Å². The highest BCUT2D eigenvalue weighted by atomic mass is 127. The third-order valence-electron chi connectivity index (χ3n) is 3.36. The summed E-state index contributed by atoms with van der Waals surface area (Å²) in [6.07, 6.45) is -0.0648. The van der Waals surface area contributed by atoms with Crippen molar-refractivity contribution in [3.05, 3.63) is 73.9 Å². The zero-order valence-corrected chi connectivity index (χ0v) is 14.9. The molecule has 1 heterocycles. The van der Waals surface area contributed by atoms with E-state index in [0.717, 1.165) is 20.9 Å². The van der Waals surface area contributed by atoms with Gasteiger partial charge in [0, 0.05) is 19.8 Å². The number of halogens is 2. The Morgan fingerprint density at radius 3 is 2.57 bits per heavy atom. The van der Waals surface area contributed by atoms with Crippen molar-refractivity contribution < 1.29 is 5.11 Å². The Kier molecular flexibility index (Phi) is 4.57. The van der Waals surface area contributed by atoms with Crippen LogP contribution in [0.2, 0.25) is 0 Å². The van der Waals surface area contributed by atoms with Crippen molar-refractivity contribution >= 4 is 49.4 Å². The van der Waals surface area contributed by atoms with Crippen molar-refractivity contribution in [2.45, 2.75) is 12.5 Å². The molecule has 2 nitrogen and oxygen atoms in total. The number of nitrogens with zero attached hydrogens (tertiary/aromatic N) is 1. The highest BCUT2D eigenvalue weighted by molar-refractivity contribution is 14.1. The fourth-order valence-electron chi connectivity index (χ4n) is 2.28. The molecule has 3 rings (SSSR count). The van der Waals surface area contributed by atoms with E-state index in [1.165, 1.54) is 3.57 Å². The maximum atomic E-state index is 10.5. The number of hydrogen-bond donors (Lipinski definition) is 1. The van der Waals surface area contributed by atoms with Gasteiger partial charge in [0.2, 0.25) is 0 Å². The van der Waals surface area contributed by atoms with Crippen molar-refractivity contribution in [1.82, 2.24) is 4.98 Å². The number of rotatable bonds is 3. The van der Waals surface area contributed by atoms with Gasteiger partial charge < -0.3 is 5.11 Å². The summed E-state index contributed by atoms with van der Waals surface area (Å²) in [5, 5.41) is 11.6. The van der Waals surface area contributed by atoms with Gasteiger partial charge in [0.05, 0.1) is 11.2 Å².